The maximum absolute atomic E-state index is 13.7. The van der Waals surface area contributed by atoms with Crippen LogP contribution in [0.1, 0.15) is 63.9 Å². The number of non-ortho nitro benzene ring substituents is 1. The molecule has 0 spiro atoms. The van der Waals surface area contributed by atoms with Crippen molar-refractivity contribution in [1.29, 1.82) is 0 Å². The van der Waals surface area contributed by atoms with Crippen LogP contribution < -0.4 is 5.32 Å². The number of esters is 2. The third-order valence-corrected chi connectivity index (χ3v) is 7.20. The first kappa shape index (κ1) is 24.6. The molecule has 1 fully saturated rings. The van der Waals surface area contributed by atoms with Crippen molar-refractivity contribution in [3.8, 4) is 0 Å². The van der Waals surface area contributed by atoms with Crippen LogP contribution in [0.3, 0.4) is 0 Å². The van der Waals surface area contributed by atoms with Gasteiger partial charge < -0.3 is 14.8 Å². The van der Waals surface area contributed by atoms with E-state index in [1.54, 1.807) is 19.9 Å². The number of allylic oxidation sites excluding steroid dienone is 3. The molecule has 3 atom stereocenters. The molecule has 1 heterocycles. The third-order valence-electron chi connectivity index (χ3n) is 7.20. The minimum atomic E-state index is -1.02. The van der Waals surface area contributed by atoms with E-state index in [-0.39, 0.29) is 28.9 Å². The van der Waals surface area contributed by atoms with Crippen molar-refractivity contribution >= 4 is 23.4 Å². The van der Waals surface area contributed by atoms with Crippen molar-refractivity contribution < 1.29 is 28.8 Å². The van der Waals surface area contributed by atoms with Crippen LogP contribution in [0, 0.1) is 22.0 Å². The number of nitrogens with zero attached hydrogens (tertiary/aromatic N) is 1. The molecule has 0 unspecified atom stereocenters. The van der Waals surface area contributed by atoms with E-state index in [9.17, 15) is 24.5 Å². The normalized spacial score (nSPS) is 25.0. The zero-order valence-corrected chi connectivity index (χ0v) is 20.2. The van der Waals surface area contributed by atoms with E-state index >= 15 is 0 Å². The summed E-state index contributed by atoms with van der Waals surface area (Å²) in [5, 5.41) is 14.7. The van der Waals surface area contributed by atoms with Gasteiger partial charge in [-0.25, -0.2) is 4.79 Å². The lowest BCUT2D eigenvalue weighted by molar-refractivity contribution is -0.384. The molecule has 3 aliphatic rings. The smallest absolute Gasteiger partial charge is 0.337 e. The van der Waals surface area contributed by atoms with Gasteiger partial charge in [0.2, 0.25) is 0 Å². The predicted molar refractivity (Wildman–Crippen MR) is 126 cm³/mol. The molecule has 1 aromatic carbocycles. The number of ketones is 1. The van der Waals surface area contributed by atoms with Crippen LogP contribution in [0.4, 0.5) is 5.69 Å². The highest BCUT2D eigenvalue weighted by atomic mass is 16.6. The molecule has 0 radical (unpaired) electrons. The maximum Gasteiger partial charge on any atom is 0.337 e. The van der Waals surface area contributed by atoms with Crippen molar-refractivity contribution in [3.05, 3.63) is 62.5 Å². The Labute approximate surface area is 203 Å². The van der Waals surface area contributed by atoms with Crippen LogP contribution in [0.5, 0.6) is 0 Å². The molecule has 0 amide bonds. The molecule has 1 saturated carbocycles. The second-order valence-electron chi connectivity index (χ2n) is 9.55. The minimum Gasteiger partial charge on any atom is -0.468 e. The van der Waals surface area contributed by atoms with Crippen molar-refractivity contribution in [2.24, 2.45) is 11.8 Å². The van der Waals surface area contributed by atoms with Gasteiger partial charge in [-0.1, -0.05) is 25.5 Å². The lowest BCUT2D eigenvalue weighted by atomic mass is 9.69. The first-order chi connectivity index (χ1) is 16.7. The number of nitrogens with one attached hydrogen (secondary N) is 1. The number of nitro groups is 1. The number of rotatable bonds is 5. The second-order valence-corrected chi connectivity index (χ2v) is 9.55. The van der Waals surface area contributed by atoms with Gasteiger partial charge >= 0.3 is 11.9 Å². The zero-order valence-electron chi connectivity index (χ0n) is 20.2. The molecule has 1 aromatic rings. The van der Waals surface area contributed by atoms with Gasteiger partial charge in [-0.05, 0) is 50.5 Å². The number of hydrogen-bond acceptors (Lipinski definition) is 8. The molecule has 2 aliphatic carbocycles. The maximum atomic E-state index is 13.7. The highest BCUT2D eigenvalue weighted by Gasteiger charge is 2.47. The second kappa shape index (κ2) is 10.0. The largest absolute Gasteiger partial charge is 0.468 e. The molecular weight excluding hydrogens is 452 g/mol. The number of Topliss-reactive ketones (excluding diaryl/α,β-unsaturated/α-hetero) is 1. The highest BCUT2D eigenvalue weighted by molar-refractivity contribution is 6.12. The molecular formula is C26H30N2O7. The van der Waals surface area contributed by atoms with Crippen LogP contribution >= 0.6 is 0 Å². The van der Waals surface area contributed by atoms with Gasteiger partial charge in [0.05, 0.1) is 17.6 Å². The van der Waals surface area contributed by atoms with Crippen molar-refractivity contribution in [1.82, 2.24) is 5.32 Å². The Morgan fingerprint density at radius 2 is 1.89 bits per heavy atom. The fourth-order valence-electron chi connectivity index (χ4n) is 5.50. The standard InChI is InChI=1S/C26H30N2O7/c1-14-12-19-23(24(29)20(14)25(30)34-3)22(16-8-7-9-17(13-16)28(32)33)21(15(2)27-19)26(31)35-18-10-5-4-6-11-18/h7-9,13-14,18,20,22,27H,4-6,10-12H2,1-3H3/t14-,20-,22-/m1/s1. The summed E-state index contributed by atoms with van der Waals surface area (Å²) in [4.78, 5) is 50.7. The molecule has 1 N–H and O–H groups in total. The number of hydrogen-bond donors (Lipinski definition) is 1. The summed E-state index contributed by atoms with van der Waals surface area (Å²) in [5.74, 6) is -3.85. The van der Waals surface area contributed by atoms with E-state index in [0.717, 1.165) is 32.1 Å². The number of benzene rings is 1. The van der Waals surface area contributed by atoms with E-state index in [4.69, 9.17) is 9.47 Å². The van der Waals surface area contributed by atoms with Crippen LogP contribution in [-0.4, -0.2) is 35.9 Å². The topological polar surface area (TPSA) is 125 Å². The molecule has 0 aromatic heterocycles. The van der Waals surface area contributed by atoms with E-state index in [1.807, 2.05) is 0 Å². The zero-order chi connectivity index (χ0) is 25.3. The lowest BCUT2D eigenvalue weighted by Crippen LogP contribution is -2.43. The molecule has 9 nitrogen and oxygen atoms in total. The van der Waals surface area contributed by atoms with E-state index in [0.29, 0.717) is 23.4 Å². The van der Waals surface area contributed by atoms with Crippen molar-refractivity contribution in [2.75, 3.05) is 7.11 Å². The summed E-state index contributed by atoms with van der Waals surface area (Å²) in [6.07, 6.45) is 4.82. The van der Waals surface area contributed by atoms with Gasteiger partial charge in [0.25, 0.3) is 5.69 Å². The first-order valence-corrected chi connectivity index (χ1v) is 12.0. The van der Waals surface area contributed by atoms with Gasteiger partial charge in [0.15, 0.2) is 5.78 Å². The summed E-state index contributed by atoms with van der Waals surface area (Å²) in [7, 11) is 1.24. The number of carbonyl (C=O) groups excluding carboxylic acids is 3. The Morgan fingerprint density at radius 1 is 1.17 bits per heavy atom. The van der Waals surface area contributed by atoms with Gasteiger partial charge in [0, 0.05) is 35.0 Å². The average molecular weight is 483 g/mol. The van der Waals surface area contributed by atoms with E-state index in [2.05, 4.69) is 5.32 Å². The fraction of sp³-hybridized carbons (Fsp3) is 0.500. The Hall–Kier alpha value is -3.49. The quantitative estimate of drug-likeness (QED) is 0.288. The van der Waals surface area contributed by atoms with E-state index in [1.165, 1.54) is 25.3 Å². The molecule has 0 saturated heterocycles. The molecule has 0 bridgehead atoms. The van der Waals surface area contributed by atoms with Gasteiger partial charge in [-0.2, -0.15) is 0 Å². The number of nitro benzene ring substituents is 1. The summed E-state index contributed by atoms with van der Waals surface area (Å²) in [5.41, 5.74) is 1.93. The molecule has 9 heteroatoms. The Bertz CT molecular complexity index is 1130. The van der Waals surface area contributed by atoms with Crippen molar-refractivity contribution in [2.45, 2.75) is 64.4 Å². The number of dihydropyridines is 1. The van der Waals surface area contributed by atoms with Crippen LogP contribution in [-0.2, 0) is 23.9 Å². The summed E-state index contributed by atoms with van der Waals surface area (Å²) >= 11 is 0. The SMILES string of the molecule is COC(=O)[C@H]1C(=O)C2=C(C[C@H]1C)NC(C)=C(C(=O)OC1CCCCC1)[C@H]2c1cccc([N+](=O)[O-])c1. The van der Waals surface area contributed by atoms with Crippen LogP contribution in [0.15, 0.2) is 46.8 Å². The number of ether oxygens (including phenoxy) is 2. The summed E-state index contributed by atoms with van der Waals surface area (Å²) in [6, 6.07) is 5.93. The van der Waals surface area contributed by atoms with E-state index < -0.39 is 34.5 Å². The number of methoxy groups -OCH3 is 1. The molecule has 4 rings (SSSR count). The minimum absolute atomic E-state index is 0.151. The monoisotopic (exact) mass is 482 g/mol. The lowest BCUT2D eigenvalue weighted by Gasteiger charge is -2.38. The average Bonchev–Trinajstić information content (AvgIpc) is 2.83. The van der Waals surface area contributed by atoms with Gasteiger partial charge in [-0.3, -0.25) is 19.7 Å². The van der Waals surface area contributed by atoms with Crippen molar-refractivity contribution in [3.63, 3.8) is 0 Å². The Kier molecular flexibility index (Phi) is 7.05. The summed E-state index contributed by atoms with van der Waals surface area (Å²) < 4.78 is 10.8. The first-order valence-electron chi connectivity index (χ1n) is 12.0. The Morgan fingerprint density at radius 3 is 2.54 bits per heavy atom. The van der Waals surface area contributed by atoms with Gasteiger partial charge in [-0.15, -0.1) is 0 Å². The Balaban J connectivity index is 1.82. The number of carbonyl (C=O) groups is 3. The van der Waals surface area contributed by atoms with Crippen LogP contribution in [0.25, 0.3) is 0 Å². The molecule has 1 aliphatic heterocycles. The fourth-order valence-corrected chi connectivity index (χ4v) is 5.50. The van der Waals surface area contributed by atoms with Crippen LogP contribution in [0.2, 0.25) is 0 Å². The molecule has 186 valence electrons. The highest BCUT2D eigenvalue weighted by Crippen LogP contribution is 2.46. The predicted octanol–water partition coefficient (Wildman–Crippen LogP) is 4.08. The molecule has 35 heavy (non-hydrogen) atoms. The van der Waals surface area contributed by atoms with Gasteiger partial charge in [0.1, 0.15) is 12.0 Å². The third kappa shape index (κ3) is 4.72. The summed E-state index contributed by atoms with van der Waals surface area (Å²) in [6.45, 7) is 3.55.